The summed E-state index contributed by atoms with van der Waals surface area (Å²) in [7, 11) is 0. The van der Waals surface area contributed by atoms with E-state index in [0.717, 1.165) is 18.5 Å². The van der Waals surface area contributed by atoms with E-state index in [1.165, 1.54) is 0 Å². The standard InChI is InChI=1S/C20H27N5O2/c1-13-10-16(11-14(2)24-13)27-20(22)7-6-18(21)17-5-4-15(12-19(17)26)25-9-3-8-23-25/h3-9,12-14,16,24,26H,10-11,21-22H2,1-2H3/b18-6-,20-7+. The molecule has 2 unspecified atom stereocenters. The molecule has 0 spiro atoms. The van der Waals surface area contributed by atoms with Gasteiger partial charge in [-0.15, -0.1) is 0 Å². The molecule has 2 aromatic rings. The van der Waals surface area contributed by atoms with E-state index in [9.17, 15) is 5.11 Å². The molecule has 0 amide bonds. The fourth-order valence-electron chi connectivity index (χ4n) is 3.42. The highest BCUT2D eigenvalue weighted by molar-refractivity contribution is 5.70. The summed E-state index contributed by atoms with van der Waals surface area (Å²) in [4.78, 5) is 0. The maximum absolute atomic E-state index is 10.3. The van der Waals surface area contributed by atoms with E-state index in [2.05, 4.69) is 24.3 Å². The lowest BCUT2D eigenvalue weighted by Crippen LogP contribution is -2.45. The van der Waals surface area contributed by atoms with Crippen molar-refractivity contribution < 1.29 is 9.84 Å². The van der Waals surface area contributed by atoms with Crippen molar-refractivity contribution in [2.75, 3.05) is 0 Å². The van der Waals surface area contributed by atoms with Gasteiger partial charge in [-0.1, -0.05) is 0 Å². The van der Waals surface area contributed by atoms with E-state index in [1.54, 1.807) is 41.4 Å². The van der Waals surface area contributed by atoms with Gasteiger partial charge >= 0.3 is 0 Å². The summed E-state index contributed by atoms with van der Waals surface area (Å²) in [5.74, 6) is 0.391. The normalized spacial score (nSPS) is 24.0. The highest BCUT2D eigenvalue weighted by atomic mass is 16.5. The number of aromatic nitrogens is 2. The Morgan fingerprint density at radius 3 is 2.63 bits per heavy atom. The third-order valence-corrected chi connectivity index (χ3v) is 4.59. The van der Waals surface area contributed by atoms with Crippen molar-refractivity contribution in [3.05, 3.63) is 60.3 Å². The quantitative estimate of drug-likeness (QED) is 0.475. The van der Waals surface area contributed by atoms with Crippen LogP contribution in [0.25, 0.3) is 11.4 Å². The minimum Gasteiger partial charge on any atom is -0.507 e. The zero-order chi connectivity index (χ0) is 19.4. The first kappa shape index (κ1) is 18.8. The number of rotatable bonds is 5. The van der Waals surface area contributed by atoms with E-state index < -0.39 is 0 Å². The summed E-state index contributed by atoms with van der Waals surface area (Å²) < 4.78 is 7.50. The monoisotopic (exact) mass is 369 g/mol. The molecule has 7 heteroatoms. The van der Waals surface area contributed by atoms with Crippen LogP contribution in [-0.2, 0) is 4.74 Å². The van der Waals surface area contributed by atoms with Crippen LogP contribution in [0.5, 0.6) is 5.75 Å². The van der Waals surface area contributed by atoms with Crippen LogP contribution < -0.4 is 16.8 Å². The molecule has 2 heterocycles. The lowest BCUT2D eigenvalue weighted by atomic mass is 9.98. The van der Waals surface area contributed by atoms with Crippen molar-refractivity contribution in [2.24, 2.45) is 11.5 Å². The molecule has 1 aromatic heterocycles. The Balaban J connectivity index is 1.68. The van der Waals surface area contributed by atoms with Crippen LogP contribution in [0.15, 0.2) is 54.7 Å². The lowest BCUT2D eigenvalue weighted by Gasteiger charge is -2.33. The summed E-state index contributed by atoms with van der Waals surface area (Å²) in [5, 5.41) is 17.9. The average Bonchev–Trinajstić information content (AvgIpc) is 3.13. The maximum atomic E-state index is 10.3. The van der Waals surface area contributed by atoms with Gasteiger partial charge in [-0.2, -0.15) is 5.10 Å². The van der Waals surface area contributed by atoms with Crippen molar-refractivity contribution in [2.45, 2.75) is 44.9 Å². The van der Waals surface area contributed by atoms with Crippen molar-refractivity contribution in [3.8, 4) is 11.4 Å². The minimum absolute atomic E-state index is 0.0747. The fourth-order valence-corrected chi connectivity index (χ4v) is 3.42. The fraction of sp³-hybridized carbons (Fsp3) is 0.350. The second-order valence-electron chi connectivity index (χ2n) is 7.02. The Bertz CT molecular complexity index is 819. The van der Waals surface area contributed by atoms with Crippen LogP contribution in [0.1, 0.15) is 32.3 Å². The topological polar surface area (TPSA) is 111 Å². The number of nitrogens with two attached hydrogens (primary N) is 2. The molecule has 0 aliphatic carbocycles. The van der Waals surface area contributed by atoms with E-state index in [1.807, 2.05) is 12.1 Å². The molecule has 1 fully saturated rings. The van der Waals surface area contributed by atoms with Crippen molar-refractivity contribution in [1.29, 1.82) is 0 Å². The number of ether oxygens (including phenoxy) is 1. The molecule has 6 N–H and O–H groups in total. The maximum Gasteiger partial charge on any atom is 0.184 e. The number of allylic oxidation sites excluding steroid dienone is 2. The van der Waals surface area contributed by atoms with Gasteiger partial charge in [-0.25, -0.2) is 4.68 Å². The Labute approximate surface area is 159 Å². The van der Waals surface area contributed by atoms with E-state index in [-0.39, 0.29) is 11.9 Å². The zero-order valence-electron chi connectivity index (χ0n) is 15.7. The number of nitrogens with zero attached hydrogens (tertiary/aromatic N) is 2. The van der Waals surface area contributed by atoms with Crippen LogP contribution in [0.2, 0.25) is 0 Å². The highest BCUT2D eigenvalue weighted by Gasteiger charge is 2.24. The third-order valence-electron chi connectivity index (χ3n) is 4.59. The van der Waals surface area contributed by atoms with Gasteiger partial charge in [0.1, 0.15) is 11.9 Å². The number of nitrogens with one attached hydrogen (secondary N) is 1. The second-order valence-corrected chi connectivity index (χ2v) is 7.02. The molecule has 1 saturated heterocycles. The molecule has 144 valence electrons. The number of benzene rings is 1. The summed E-state index contributed by atoms with van der Waals surface area (Å²) >= 11 is 0. The molecule has 1 aromatic carbocycles. The number of aromatic hydroxyl groups is 1. The molecule has 0 saturated carbocycles. The second kappa shape index (κ2) is 8.18. The number of hydrogen-bond donors (Lipinski definition) is 4. The number of hydrogen-bond acceptors (Lipinski definition) is 6. The van der Waals surface area contributed by atoms with Crippen LogP contribution >= 0.6 is 0 Å². The van der Waals surface area contributed by atoms with Crippen molar-refractivity contribution >= 4 is 5.70 Å². The van der Waals surface area contributed by atoms with E-state index >= 15 is 0 Å². The van der Waals surface area contributed by atoms with Gasteiger partial charge in [0.25, 0.3) is 0 Å². The average molecular weight is 369 g/mol. The molecule has 0 bridgehead atoms. The van der Waals surface area contributed by atoms with Crippen LogP contribution in [0.3, 0.4) is 0 Å². The van der Waals surface area contributed by atoms with Gasteiger partial charge in [-0.3, -0.25) is 0 Å². The molecular weight excluding hydrogens is 342 g/mol. The van der Waals surface area contributed by atoms with Gasteiger partial charge in [0, 0.05) is 41.8 Å². The van der Waals surface area contributed by atoms with Gasteiger partial charge in [-0.05, 0) is 57.0 Å². The SMILES string of the molecule is CC1CC(O/C(N)=C/C=C(\N)c2ccc(-n3cccn3)cc2O)CC(C)N1. The Morgan fingerprint density at radius 1 is 1.26 bits per heavy atom. The van der Waals surface area contributed by atoms with Gasteiger partial charge in [0.05, 0.1) is 5.69 Å². The largest absolute Gasteiger partial charge is 0.507 e. The number of piperidine rings is 1. The first-order valence-corrected chi connectivity index (χ1v) is 9.11. The molecule has 0 radical (unpaired) electrons. The first-order chi connectivity index (χ1) is 12.9. The van der Waals surface area contributed by atoms with Crippen LogP contribution in [-0.4, -0.2) is 33.1 Å². The predicted molar refractivity (Wildman–Crippen MR) is 106 cm³/mol. The minimum atomic E-state index is 0.0747. The van der Waals surface area contributed by atoms with Gasteiger partial charge in [0.2, 0.25) is 0 Å². The highest BCUT2D eigenvalue weighted by Crippen LogP contribution is 2.25. The Kier molecular flexibility index (Phi) is 5.71. The first-order valence-electron chi connectivity index (χ1n) is 9.11. The number of phenolic OH excluding ortho intramolecular Hbond substituents is 1. The van der Waals surface area contributed by atoms with Crippen molar-refractivity contribution in [1.82, 2.24) is 15.1 Å². The smallest absolute Gasteiger partial charge is 0.184 e. The lowest BCUT2D eigenvalue weighted by molar-refractivity contribution is 0.0605. The summed E-state index contributed by atoms with van der Waals surface area (Å²) in [5.41, 5.74) is 13.8. The Morgan fingerprint density at radius 2 is 2.00 bits per heavy atom. The van der Waals surface area contributed by atoms with Gasteiger partial charge in [0.15, 0.2) is 5.88 Å². The zero-order valence-corrected chi connectivity index (χ0v) is 15.7. The van der Waals surface area contributed by atoms with E-state index in [0.29, 0.717) is 29.2 Å². The summed E-state index contributed by atoms with van der Waals surface area (Å²) in [6.45, 7) is 4.28. The molecule has 1 aliphatic heterocycles. The Hall–Kier alpha value is -2.93. The molecule has 3 rings (SSSR count). The predicted octanol–water partition coefficient (Wildman–Crippen LogP) is 2.22. The van der Waals surface area contributed by atoms with Crippen LogP contribution in [0.4, 0.5) is 0 Å². The molecule has 7 nitrogen and oxygen atoms in total. The molecule has 1 aliphatic rings. The number of phenols is 1. The van der Waals surface area contributed by atoms with Crippen molar-refractivity contribution in [3.63, 3.8) is 0 Å². The summed E-state index contributed by atoms with van der Waals surface area (Å²) in [6, 6.07) is 7.82. The molecule has 2 atom stereocenters. The third kappa shape index (κ3) is 4.83. The van der Waals surface area contributed by atoms with Crippen LogP contribution in [0, 0.1) is 0 Å². The summed E-state index contributed by atoms with van der Waals surface area (Å²) in [6.07, 6.45) is 8.66. The van der Waals surface area contributed by atoms with Gasteiger partial charge < -0.3 is 26.6 Å². The molecular formula is C20H27N5O2. The molecule has 27 heavy (non-hydrogen) atoms. The van der Waals surface area contributed by atoms with E-state index in [4.69, 9.17) is 16.2 Å².